The van der Waals surface area contributed by atoms with Crippen molar-refractivity contribution < 1.29 is 4.79 Å². The zero-order valence-corrected chi connectivity index (χ0v) is 18.8. The molecule has 0 aliphatic carbocycles. The molecule has 3 aromatic rings. The fraction of sp³-hybridized carbons (Fsp3) is 0.286. The zero-order valence-electron chi connectivity index (χ0n) is 16.4. The third-order valence-corrected chi connectivity index (χ3v) is 6.55. The molecule has 2 aromatic carbocycles. The maximum absolute atomic E-state index is 12.7. The number of benzene rings is 2. The van der Waals surface area contributed by atoms with Crippen molar-refractivity contribution >= 4 is 52.2 Å². The Morgan fingerprint density at radius 3 is 2.73 bits per heavy atom. The van der Waals surface area contributed by atoms with Crippen molar-refractivity contribution in [3.8, 4) is 5.69 Å². The van der Waals surface area contributed by atoms with E-state index in [1.165, 1.54) is 11.8 Å². The van der Waals surface area contributed by atoms with Crippen molar-refractivity contribution in [2.75, 3.05) is 29.1 Å². The van der Waals surface area contributed by atoms with Crippen LogP contribution in [0.1, 0.15) is 18.4 Å². The minimum atomic E-state index is -0.126. The van der Waals surface area contributed by atoms with Crippen LogP contribution in [0.3, 0.4) is 0 Å². The van der Waals surface area contributed by atoms with Crippen LogP contribution in [0.5, 0.6) is 0 Å². The molecule has 0 unspecified atom stereocenters. The van der Waals surface area contributed by atoms with Crippen molar-refractivity contribution in [3.63, 3.8) is 0 Å². The summed E-state index contributed by atoms with van der Waals surface area (Å²) in [6, 6.07) is 11.4. The molecule has 0 bridgehead atoms. The van der Waals surface area contributed by atoms with Gasteiger partial charge in [-0.05, 0) is 55.7 Å². The largest absolute Gasteiger partial charge is 0.370 e. The quantitative estimate of drug-likeness (QED) is 0.510. The van der Waals surface area contributed by atoms with E-state index in [9.17, 15) is 4.79 Å². The highest BCUT2D eigenvalue weighted by molar-refractivity contribution is 7.99. The van der Waals surface area contributed by atoms with Crippen LogP contribution in [-0.4, -0.2) is 39.5 Å². The third-order valence-electron chi connectivity index (χ3n) is 4.96. The number of aryl methyl sites for hydroxylation is 1. The molecule has 1 amide bonds. The second-order valence-corrected chi connectivity index (χ2v) is 8.90. The molecule has 1 N–H and O–H groups in total. The summed E-state index contributed by atoms with van der Waals surface area (Å²) >= 11 is 13.7. The summed E-state index contributed by atoms with van der Waals surface area (Å²) in [5.74, 6) is 0.0729. The summed E-state index contributed by atoms with van der Waals surface area (Å²) in [4.78, 5) is 14.9. The number of hydrogen-bond acceptors (Lipinski definition) is 5. The lowest BCUT2D eigenvalue weighted by Crippen LogP contribution is -2.22. The lowest BCUT2D eigenvalue weighted by Gasteiger charge is -2.21. The number of nitrogens with zero attached hydrogens (tertiary/aromatic N) is 4. The molecule has 0 radical (unpaired) electrons. The number of carbonyl (C=O) groups is 1. The van der Waals surface area contributed by atoms with Gasteiger partial charge in [0.05, 0.1) is 22.8 Å². The van der Waals surface area contributed by atoms with Gasteiger partial charge in [0.15, 0.2) is 5.16 Å². The van der Waals surface area contributed by atoms with E-state index in [-0.39, 0.29) is 11.7 Å². The van der Waals surface area contributed by atoms with Crippen LogP contribution in [0.4, 0.5) is 11.4 Å². The Balaban J connectivity index is 1.45. The first kappa shape index (κ1) is 21.0. The van der Waals surface area contributed by atoms with Gasteiger partial charge in [-0.15, -0.1) is 10.2 Å². The molecular weight excluding hydrogens is 441 g/mol. The first-order valence-corrected chi connectivity index (χ1v) is 11.4. The molecule has 2 heterocycles. The summed E-state index contributed by atoms with van der Waals surface area (Å²) in [7, 11) is 0. The number of rotatable bonds is 6. The fourth-order valence-corrected chi connectivity index (χ4v) is 4.47. The number of aromatic nitrogens is 3. The molecule has 0 atom stereocenters. The molecule has 1 fully saturated rings. The zero-order chi connectivity index (χ0) is 21.1. The number of anilines is 2. The first-order valence-electron chi connectivity index (χ1n) is 9.65. The third kappa shape index (κ3) is 4.74. The minimum absolute atomic E-state index is 0.126. The molecule has 0 spiro atoms. The van der Waals surface area contributed by atoms with Crippen molar-refractivity contribution in [3.05, 3.63) is 58.3 Å². The molecule has 0 saturated carbocycles. The van der Waals surface area contributed by atoms with Crippen molar-refractivity contribution in [2.45, 2.75) is 24.9 Å². The lowest BCUT2D eigenvalue weighted by molar-refractivity contribution is -0.113. The van der Waals surface area contributed by atoms with Crippen LogP contribution < -0.4 is 10.2 Å². The van der Waals surface area contributed by atoms with Gasteiger partial charge in [0, 0.05) is 23.1 Å². The minimum Gasteiger partial charge on any atom is -0.370 e. The lowest BCUT2D eigenvalue weighted by atomic mass is 10.2. The van der Waals surface area contributed by atoms with Gasteiger partial charge in [-0.25, -0.2) is 0 Å². The SMILES string of the molecule is Cc1ccc(-n2cnnc2SCC(=O)Nc2cc(Cl)ccc2N2CCCC2)cc1Cl. The van der Waals surface area contributed by atoms with Gasteiger partial charge in [-0.1, -0.05) is 41.0 Å². The van der Waals surface area contributed by atoms with Crippen LogP contribution in [0.25, 0.3) is 5.69 Å². The summed E-state index contributed by atoms with van der Waals surface area (Å²) in [6.07, 6.45) is 3.93. The molecule has 9 heteroatoms. The molecule has 1 aliphatic rings. The van der Waals surface area contributed by atoms with E-state index >= 15 is 0 Å². The molecule has 1 saturated heterocycles. The standard InChI is InChI=1S/C21H21Cl2N5OS/c1-14-4-6-16(11-17(14)23)28-13-24-26-21(28)30-12-20(29)25-18-10-15(22)5-7-19(18)27-8-2-3-9-27/h4-7,10-11,13H,2-3,8-9,12H2,1H3,(H,25,29). The van der Waals surface area contributed by atoms with Crippen LogP contribution in [0.2, 0.25) is 10.0 Å². The Hall–Kier alpha value is -2.22. The van der Waals surface area contributed by atoms with Crippen LogP contribution in [-0.2, 0) is 4.79 Å². The van der Waals surface area contributed by atoms with Gasteiger partial charge in [0.25, 0.3) is 0 Å². The van der Waals surface area contributed by atoms with Crippen LogP contribution in [0.15, 0.2) is 47.9 Å². The predicted octanol–water partition coefficient (Wildman–Crippen LogP) is 5.21. The maximum atomic E-state index is 12.7. The highest BCUT2D eigenvalue weighted by Crippen LogP contribution is 2.32. The Kier molecular flexibility index (Phi) is 6.51. The Labute approximate surface area is 189 Å². The molecule has 156 valence electrons. The fourth-order valence-electron chi connectivity index (χ4n) is 3.39. The van der Waals surface area contributed by atoms with E-state index in [0.29, 0.717) is 15.2 Å². The van der Waals surface area contributed by atoms with Gasteiger partial charge in [-0.3, -0.25) is 9.36 Å². The van der Waals surface area contributed by atoms with E-state index in [0.717, 1.165) is 48.6 Å². The molecule has 1 aliphatic heterocycles. The van der Waals surface area contributed by atoms with Gasteiger partial charge in [0.2, 0.25) is 5.91 Å². The number of thioether (sulfide) groups is 1. The molecular formula is C21H21Cl2N5OS. The maximum Gasteiger partial charge on any atom is 0.234 e. The van der Waals surface area contributed by atoms with E-state index in [1.807, 2.05) is 41.8 Å². The van der Waals surface area contributed by atoms with Crippen LogP contribution in [0, 0.1) is 6.92 Å². The molecule has 6 nitrogen and oxygen atoms in total. The highest BCUT2D eigenvalue weighted by Gasteiger charge is 2.18. The number of carbonyl (C=O) groups excluding carboxylic acids is 1. The predicted molar refractivity (Wildman–Crippen MR) is 123 cm³/mol. The average molecular weight is 462 g/mol. The van der Waals surface area contributed by atoms with E-state index < -0.39 is 0 Å². The van der Waals surface area contributed by atoms with Crippen LogP contribution >= 0.6 is 35.0 Å². The summed E-state index contributed by atoms with van der Waals surface area (Å²) in [5.41, 5.74) is 3.59. The Bertz CT molecular complexity index is 1070. The Morgan fingerprint density at radius 1 is 1.17 bits per heavy atom. The normalized spacial score (nSPS) is 13.6. The van der Waals surface area contributed by atoms with Crippen molar-refractivity contribution in [2.24, 2.45) is 0 Å². The average Bonchev–Trinajstić information content (AvgIpc) is 3.41. The second kappa shape index (κ2) is 9.29. The molecule has 1 aromatic heterocycles. The van der Waals surface area contributed by atoms with Crippen molar-refractivity contribution in [1.29, 1.82) is 0 Å². The number of halogens is 2. The van der Waals surface area contributed by atoms with E-state index in [2.05, 4.69) is 20.4 Å². The van der Waals surface area contributed by atoms with E-state index in [4.69, 9.17) is 23.2 Å². The first-order chi connectivity index (χ1) is 14.5. The molecule has 4 rings (SSSR count). The van der Waals surface area contributed by atoms with Gasteiger partial charge in [0.1, 0.15) is 6.33 Å². The smallest absolute Gasteiger partial charge is 0.234 e. The van der Waals surface area contributed by atoms with Gasteiger partial charge >= 0.3 is 0 Å². The number of hydrogen-bond donors (Lipinski definition) is 1. The van der Waals surface area contributed by atoms with Gasteiger partial charge in [-0.2, -0.15) is 0 Å². The van der Waals surface area contributed by atoms with Gasteiger partial charge < -0.3 is 10.2 Å². The number of nitrogens with one attached hydrogen (secondary N) is 1. The number of amides is 1. The summed E-state index contributed by atoms with van der Waals surface area (Å²) in [6.45, 7) is 3.92. The topological polar surface area (TPSA) is 63.1 Å². The summed E-state index contributed by atoms with van der Waals surface area (Å²) in [5, 5.41) is 13.0. The Morgan fingerprint density at radius 2 is 1.97 bits per heavy atom. The monoisotopic (exact) mass is 461 g/mol. The second-order valence-electron chi connectivity index (χ2n) is 7.11. The van der Waals surface area contributed by atoms with E-state index in [1.54, 1.807) is 12.4 Å². The molecule has 30 heavy (non-hydrogen) atoms. The highest BCUT2D eigenvalue weighted by atomic mass is 35.5. The summed E-state index contributed by atoms with van der Waals surface area (Å²) < 4.78 is 1.82. The van der Waals surface area contributed by atoms with Crippen molar-refractivity contribution in [1.82, 2.24) is 14.8 Å².